The molecule has 4 aromatic rings. The van der Waals surface area contributed by atoms with Crippen molar-refractivity contribution in [1.82, 2.24) is 19.1 Å². The summed E-state index contributed by atoms with van der Waals surface area (Å²) in [6.07, 6.45) is 0.756. The van der Waals surface area contributed by atoms with E-state index >= 15 is 0 Å². The zero-order chi connectivity index (χ0) is 26.5. The van der Waals surface area contributed by atoms with Crippen molar-refractivity contribution < 1.29 is 9.59 Å². The SMILES string of the molecule is CC(C)(C)CC(C)(C)N1Cc2c(n(CC(=O)c3ccccc3)c3cc(-c4ccccc4)nn3c2=O)C1=O. The van der Waals surface area contributed by atoms with Gasteiger partial charge < -0.3 is 9.47 Å². The summed E-state index contributed by atoms with van der Waals surface area (Å²) in [6, 6.07) is 20.3. The second kappa shape index (κ2) is 8.83. The van der Waals surface area contributed by atoms with E-state index in [0.717, 1.165) is 12.0 Å². The maximum atomic E-state index is 14.0. The molecule has 0 saturated heterocycles. The van der Waals surface area contributed by atoms with E-state index < -0.39 is 5.54 Å². The highest BCUT2D eigenvalue weighted by atomic mass is 16.2. The van der Waals surface area contributed by atoms with Crippen LogP contribution in [-0.2, 0) is 13.1 Å². The number of fused-ring (bicyclic) bond motifs is 2. The van der Waals surface area contributed by atoms with Crippen molar-refractivity contribution in [2.75, 3.05) is 0 Å². The van der Waals surface area contributed by atoms with E-state index in [4.69, 9.17) is 0 Å². The van der Waals surface area contributed by atoms with E-state index in [0.29, 0.717) is 22.5 Å². The summed E-state index contributed by atoms with van der Waals surface area (Å²) in [4.78, 5) is 42.8. The second-order valence-corrected chi connectivity index (χ2v) is 11.6. The fourth-order valence-corrected chi connectivity index (χ4v) is 5.62. The molecule has 190 valence electrons. The number of rotatable bonds is 6. The number of carbonyl (C=O) groups excluding carboxylic acids is 2. The number of Topliss-reactive ketones (excluding diaryl/α,β-unsaturated/α-hetero) is 1. The fourth-order valence-electron chi connectivity index (χ4n) is 5.62. The van der Waals surface area contributed by atoms with Gasteiger partial charge in [-0.15, -0.1) is 0 Å². The van der Waals surface area contributed by atoms with Gasteiger partial charge in [0.1, 0.15) is 11.3 Å². The molecule has 2 aromatic heterocycles. The van der Waals surface area contributed by atoms with Crippen LogP contribution in [0.2, 0.25) is 0 Å². The molecule has 0 radical (unpaired) electrons. The van der Waals surface area contributed by atoms with Crippen LogP contribution in [0.4, 0.5) is 0 Å². The predicted octanol–water partition coefficient (Wildman–Crippen LogP) is 5.22. The van der Waals surface area contributed by atoms with Gasteiger partial charge in [-0.25, -0.2) is 0 Å². The summed E-state index contributed by atoms with van der Waals surface area (Å²) in [6.45, 7) is 10.6. The van der Waals surface area contributed by atoms with E-state index in [9.17, 15) is 14.4 Å². The third kappa shape index (κ3) is 4.50. The third-order valence-corrected chi connectivity index (χ3v) is 6.90. The highest BCUT2D eigenvalue weighted by Crippen LogP contribution is 2.36. The molecular weight excluding hydrogens is 464 g/mol. The van der Waals surface area contributed by atoms with Crippen molar-refractivity contribution in [3.8, 4) is 11.3 Å². The molecule has 0 bridgehead atoms. The number of benzene rings is 2. The Balaban J connectivity index is 1.69. The molecule has 0 aliphatic carbocycles. The molecule has 7 heteroatoms. The van der Waals surface area contributed by atoms with Gasteiger partial charge in [0, 0.05) is 22.7 Å². The lowest BCUT2D eigenvalue weighted by molar-refractivity contribution is 0.0463. The maximum Gasteiger partial charge on any atom is 0.280 e. The summed E-state index contributed by atoms with van der Waals surface area (Å²) >= 11 is 0. The monoisotopic (exact) mass is 496 g/mol. The molecular formula is C30H32N4O3. The molecule has 1 aliphatic rings. The maximum absolute atomic E-state index is 14.0. The third-order valence-electron chi connectivity index (χ3n) is 6.90. The van der Waals surface area contributed by atoms with Gasteiger partial charge in [0.15, 0.2) is 5.78 Å². The Kier molecular flexibility index (Phi) is 5.89. The molecule has 0 spiro atoms. The van der Waals surface area contributed by atoms with E-state index in [-0.39, 0.29) is 41.4 Å². The Morgan fingerprint density at radius 3 is 2.16 bits per heavy atom. The van der Waals surface area contributed by atoms with Crippen LogP contribution in [0.15, 0.2) is 71.5 Å². The number of amides is 1. The Labute approximate surface area is 216 Å². The lowest BCUT2D eigenvalue weighted by atomic mass is 9.81. The van der Waals surface area contributed by atoms with E-state index in [2.05, 4.69) is 25.9 Å². The normalized spacial score (nSPS) is 13.9. The summed E-state index contributed by atoms with van der Waals surface area (Å²) < 4.78 is 3.02. The zero-order valence-electron chi connectivity index (χ0n) is 22.0. The van der Waals surface area contributed by atoms with E-state index in [1.807, 2.05) is 62.4 Å². The standard InChI is InChI=1S/C30H32N4O3/c1-29(2,3)19-30(4,5)33-17-22-26(28(33)37)32(18-24(35)21-14-10-7-11-15-21)25-16-23(31-34(25)27(22)36)20-12-8-6-9-13-20/h6-16H,17-19H2,1-5H3. The fraction of sp³-hybridized carbons (Fsp3) is 0.333. The second-order valence-electron chi connectivity index (χ2n) is 11.6. The van der Waals surface area contributed by atoms with Gasteiger partial charge in [-0.2, -0.15) is 9.61 Å². The summed E-state index contributed by atoms with van der Waals surface area (Å²) in [5.74, 6) is -0.372. The number of ketones is 1. The Hall–Kier alpha value is -4.00. The first-order chi connectivity index (χ1) is 17.5. The van der Waals surface area contributed by atoms with Crippen LogP contribution in [0.3, 0.4) is 0 Å². The molecule has 0 atom stereocenters. The number of aromatic nitrogens is 3. The lowest BCUT2D eigenvalue weighted by Crippen LogP contribution is -2.46. The van der Waals surface area contributed by atoms with Gasteiger partial charge in [-0.1, -0.05) is 81.4 Å². The largest absolute Gasteiger partial charge is 0.328 e. The molecule has 1 amide bonds. The van der Waals surface area contributed by atoms with Gasteiger partial charge in [-0.05, 0) is 25.7 Å². The van der Waals surface area contributed by atoms with Crippen molar-refractivity contribution in [3.05, 3.63) is 93.9 Å². The average Bonchev–Trinajstić information content (AvgIpc) is 3.44. The van der Waals surface area contributed by atoms with Gasteiger partial charge in [0.2, 0.25) is 0 Å². The molecule has 0 saturated carbocycles. The van der Waals surface area contributed by atoms with Crippen molar-refractivity contribution in [2.45, 2.75) is 59.7 Å². The van der Waals surface area contributed by atoms with Crippen LogP contribution < -0.4 is 5.56 Å². The molecule has 2 aromatic carbocycles. The molecule has 3 heterocycles. The minimum absolute atomic E-state index is 0.0166. The van der Waals surface area contributed by atoms with Crippen molar-refractivity contribution in [2.24, 2.45) is 5.41 Å². The van der Waals surface area contributed by atoms with Crippen LogP contribution in [0.25, 0.3) is 16.9 Å². The summed E-state index contributed by atoms with van der Waals surface area (Å²) in [5, 5.41) is 4.61. The smallest absolute Gasteiger partial charge is 0.280 e. The number of carbonyl (C=O) groups is 2. The molecule has 37 heavy (non-hydrogen) atoms. The molecule has 5 rings (SSSR count). The first-order valence-corrected chi connectivity index (χ1v) is 12.6. The predicted molar refractivity (Wildman–Crippen MR) is 144 cm³/mol. The highest BCUT2D eigenvalue weighted by molar-refractivity contribution is 6.00. The van der Waals surface area contributed by atoms with Crippen LogP contribution in [0, 0.1) is 5.41 Å². The van der Waals surface area contributed by atoms with Gasteiger partial charge in [0.05, 0.1) is 24.3 Å². The minimum Gasteiger partial charge on any atom is -0.328 e. The Morgan fingerprint density at radius 1 is 0.919 bits per heavy atom. The first-order valence-electron chi connectivity index (χ1n) is 12.6. The molecule has 0 unspecified atom stereocenters. The van der Waals surface area contributed by atoms with Crippen LogP contribution in [0.1, 0.15) is 67.4 Å². The molecule has 0 fully saturated rings. The topological polar surface area (TPSA) is 76.7 Å². The van der Waals surface area contributed by atoms with Crippen LogP contribution in [-0.4, -0.2) is 36.3 Å². The van der Waals surface area contributed by atoms with Gasteiger partial charge in [0.25, 0.3) is 11.5 Å². The number of hydrogen-bond donors (Lipinski definition) is 0. The highest BCUT2D eigenvalue weighted by Gasteiger charge is 2.43. The average molecular weight is 497 g/mol. The molecule has 0 N–H and O–H groups in total. The van der Waals surface area contributed by atoms with Crippen LogP contribution >= 0.6 is 0 Å². The van der Waals surface area contributed by atoms with Crippen molar-refractivity contribution >= 4 is 17.3 Å². The quantitative estimate of drug-likeness (QED) is 0.343. The number of nitrogens with zero attached hydrogens (tertiary/aromatic N) is 4. The van der Waals surface area contributed by atoms with Crippen molar-refractivity contribution in [1.29, 1.82) is 0 Å². The molecule has 7 nitrogen and oxygen atoms in total. The Morgan fingerprint density at radius 2 is 1.54 bits per heavy atom. The minimum atomic E-state index is -0.487. The molecule has 1 aliphatic heterocycles. The summed E-state index contributed by atoms with van der Waals surface area (Å²) in [7, 11) is 0. The van der Waals surface area contributed by atoms with E-state index in [1.54, 1.807) is 27.7 Å². The summed E-state index contributed by atoms with van der Waals surface area (Å²) in [5.41, 5.74) is 2.27. The number of hydrogen-bond acceptors (Lipinski definition) is 4. The van der Waals surface area contributed by atoms with Crippen LogP contribution in [0.5, 0.6) is 0 Å². The van der Waals surface area contributed by atoms with Crippen molar-refractivity contribution in [3.63, 3.8) is 0 Å². The van der Waals surface area contributed by atoms with E-state index in [1.165, 1.54) is 4.52 Å². The Bertz CT molecular complexity index is 1560. The zero-order valence-corrected chi connectivity index (χ0v) is 22.0. The van der Waals surface area contributed by atoms with Gasteiger partial charge >= 0.3 is 0 Å². The lowest BCUT2D eigenvalue weighted by Gasteiger charge is -2.40. The van der Waals surface area contributed by atoms with Gasteiger partial charge in [-0.3, -0.25) is 14.4 Å². The first kappa shape index (κ1) is 24.7.